The summed E-state index contributed by atoms with van der Waals surface area (Å²) < 4.78 is 28.4. The van der Waals surface area contributed by atoms with Crippen LogP contribution in [-0.2, 0) is 17.8 Å². The van der Waals surface area contributed by atoms with E-state index in [0.29, 0.717) is 30.4 Å². The molecule has 132 valence electrons. The number of rotatable bonds is 6. The Morgan fingerprint density at radius 3 is 2.46 bits per heavy atom. The molecule has 0 aliphatic heterocycles. The van der Waals surface area contributed by atoms with Gasteiger partial charge in [-0.25, -0.2) is 0 Å². The van der Waals surface area contributed by atoms with Crippen molar-refractivity contribution in [1.82, 2.24) is 5.32 Å². The van der Waals surface area contributed by atoms with Gasteiger partial charge in [-0.3, -0.25) is 9.59 Å². The van der Waals surface area contributed by atoms with Crippen LogP contribution in [0.1, 0.15) is 61.0 Å². The van der Waals surface area contributed by atoms with E-state index in [0.717, 1.165) is 5.56 Å². The number of carbonyl (C=O) groups excluding carboxylic acids is 2. The van der Waals surface area contributed by atoms with Gasteiger partial charge < -0.3 is 10.4 Å². The third-order valence-corrected chi connectivity index (χ3v) is 4.68. The zero-order valence-electron chi connectivity index (χ0n) is 14.0. The Hall–Kier alpha value is -1.82. The van der Waals surface area contributed by atoms with Gasteiger partial charge in [0.1, 0.15) is 5.60 Å². The predicted octanol–water partition coefficient (Wildman–Crippen LogP) is 3.01. The molecule has 0 spiro atoms. The van der Waals surface area contributed by atoms with Crippen molar-refractivity contribution in [3.8, 4) is 0 Å². The Balaban J connectivity index is 2.07. The molecular formula is C18H23F2NO3. The van der Waals surface area contributed by atoms with E-state index in [4.69, 9.17) is 0 Å². The van der Waals surface area contributed by atoms with E-state index in [-0.39, 0.29) is 25.2 Å². The van der Waals surface area contributed by atoms with Crippen LogP contribution in [0.3, 0.4) is 0 Å². The fourth-order valence-corrected chi connectivity index (χ4v) is 3.17. The first-order valence-corrected chi connectivity index (χ1v) is 8.22. The summed E-state index contributed by atoms with van der Waals surface area (Å²) in [6.07, 6.45) is 1.48. The van der Waals surface area contributed by atoms with Crippen molar-refractivity contribution in [2.24, 2.45) is 0 Å². The first-order valence-electron chi connectivity index (χ1n) is 8.22. The highest BCUT2D eigenvalue weighted by Gasteiger charge is 2.58. The number of hydrogen-bond donors (Lipinski definition) is 2. The molecule has 4 nitrogen and oxygen atoms in total. The van der Waals surface area contributed by atoms with Crippen molar-refractivity contribution in [2.45, 2.75) is 64.0 Å². The number of alkyl halides is 2. The van der Waals surface area contributed by atoms with Crippen LogP contribution >= 0.6 is 0 Å². The Kier molecular flexibility index (Phi) is 5.38. The Labute approximate surface area is 140 Å². The summed E-state index contributed by atoms with van der Waals surface area (Å²) in [6.45, 7) is 3.29. The third-order valence-electron chi connectivity index (χ3n) is 4.68. The van der Waals surface area contributed by atoms with Gasteiger partial charge in [0, 0.05) is 12.1 Å². The van der Waals surface area contributed by atoms with E-state index >= 15 is 0 Å². The molecule has 1 fully saturated rings. The van der Waals surface area contributed by atoms with Crippen LogP contribution < -0.4 is 5.32 Å². The van der Waals surface area contributed by atoms with Gasteiger partial charge in [0.2, 0.25) is 0 Å². The van der Waals surface area contributed by atoms with Crippen molar-refractivity contribution in [3.63, 3.8) is 0 Å². The van der Waals surface area contributed by atoms with Crippen LogP contribution in [0.15, 0.2) is 18.2 Å². The minimum Gasteiger partial charge on any atom is -0.383 e. The van der Waals surface area contributed by atoms with Crippen LogP contribution in [0.4, 0.5) is 8.78 Å². The van der Waals surface area contributed by atoms with Crippen LogP contribution in [0.5, 0.6) is 0 Å². The van der Waals surface area contributed by atoms with E-state index in [2.05, 4.69) is 5.32 Å². The van der Waals surface area contributed by atoms with Crippen LogP contribution in [0.25, 0.3) is 0 Å². The van der Waals surface area contributed by atoms with Gasteiger partial charge in [0.05, 0.1) is 0 Å². The van der Waals surface area contributed by atoms with Crippen molar-refractivity contribution < 1.29 is 23.5 Å². The molecule has 0 heterocycles. The highest BCUT2D eigenvalue weighted by molar-refractivity contribution is 5.95. The summed E-state index contributed by atoms with van der Waals surface area (Å²) >= 11 is 0. The minimum atomic E-state index is -3.81. The molecule has 6 heteroatoms. The second kappa shape index (κ2) is 6.97. The van der Waals surface area contributed by atoms with Crippen LogP contribution in [0, 0.1) is 0 Å². The topological polar surface area (TPSA) is 66.4 Å². The molecule has 0 unspecified atom stereocenters. The molecule has 1 aromatic carbocycles. The highest BCUT2D eigenvalue weighted by atomic mass is 19.3. The van der Waals surface area contributed by atoms with Gasteiger partial charge in [-0.05, 0) is 37.3 Å². The zero-order valence-corrected chi connectivity index (χ0v) is 14.0. The summed E-state index contributed by atoms with van der Waals surface area (Å²) in [5, 5.41) is 12.2. The number of nitrogens with one attached hydrogen (secondary N) is 1. The predicted molar refractivity (Wildman–Crippen MR) is 86.0 cm³/mol. The Bertz CT molecular complexity index is 637. The van der Waals surface area contributed by atoms with E-state index < -0.39 is 17.4 Å². The standard InChI is InChI=1S/C18H23F2NO3/c1-3-14-10-13(6-7-15(14)12(2)22)11-21-16(23)18(19,20)17(24)8-4-5-9-17/h6-7,10,24H,3-5,8-9,11H2,1-2H3,(H,21,23). The van der Waals surface area contributed by atoms with Gasteiger partial charge in [0.25, 0.3) is 5.91 Å². The number of amides is 1. The lowest BCUT2D eigenvalue weighted by Gasteiger charge is -2.30. The average molecular weight is 339 g/mol. The van der Waals surface area contributed by atoms with E-state index in [1.807, 2.05) is 6.92 Å². The van der Waals surface area contributed by atoms with E-state index in [1.54, 1.807) is 18.2 Å². The number of carbonyl (C=O) groups is 2. The fraction of sp³-hybridized carbons (Fsp3) is 0.556. The van der Waals surface area contributed by atoms with Crippen LogP contribution in [0.2, 0.25) is 0 Å². The Morgan fingerprint density at radius 2 is 1.92 bits per heavy atom. The molecule has 1 aromatic rings. The molecule has 24 heavy (non-hydrogen) atoms. The van der Waals surface area contributed by atoms with Gasteiger partial charge in [-0.15, -0.1) is 0 Å². The molecule has 2 N–H and O–H groups in total. The summed E-state index contributed by atoms with van der Waals surface area (Å²) in [4.78, 5) is 23.4. The lowest BCUT2D eigenvalue weighted by molar-refractivity contribution is -0.191. The fourth-order valence-electron chi connectivity index (χ4n) is 3.17. The molecule has 1 aliphatic rings. The van der Waals surface area contributed by atoms with E-state index in [9.17, 15) is 23.5 Å². The van der Waals surface area contributed by atoms with Crippen molar-refractivity contribution in [1.29, 1.82) is 0 Å². The van der Waals surface area contributed by atoms with Crippen molar-refractivity contribution in [2.75, 3.05) is 0 Å². The molecule has 1 amide bonds. The smallest absolute Gasteiger partial charge is 0.352 e. The summed E-state index contributed by atoms with van der Waals surface area (Å²) in [5.41, 5.74) is -0.197. The third kappa shape index (κ3) is 3.48. The van der Waals surface area contributed by atoms with Gasteiger partial charge >= 0.3 is 5.92 Å². The number of aliphatic hydroxyl groups is 1. The molecular weight excluding hydrogens is 316 g/mol. The molecule has 0 radical (unpaired) electrons. The summed E-state index contributed by atoms with van der Waals surface area (Å²) in [5.74, 6) is -5.32. The highest BCUT2D eigenvalue weighted by Crippen LogP contribution is 2.42. The molecule has 0 aromatic heterocycles. The maximum Gasteiger partial charge on any atom is 0.352 e. The lowest BCUT2D eigenvalue weighted by atomic mass is 9.93. The number of hydrogen-bond acceptors (Lipinski definition) is 3. The van der Waals surface area contributed by atoms with E-state index in [1.165, 1.54) is 6.92 Å². The van der Waals surface area contributed by atoms with Gasteiger partial charge in [-0.1, -0.05) is 38.0 Å². The number of ketones is 1. The number of halogens is 2. The second-order valence-electron chi connectivity index (χ2n) is 6.40. The van der Waals surface area contributed by atoms with Crippen molar-refractivity contribution >= 4 is 11.7 Å². The number of aryl methyl sites for hydroxylation is 1. The molecule has 0 atom stereocenters. The largest absolute Gasteiger partial charge is 0.383 e. The first-order chi connectivity index (χ1) is 11.2. The zero-order chi connectivity index (χ0) is 18.0. The van der Waals surface area contributed by atoms with Crippen LogP contribution in [-0.4, -0.2) is 28.3 Å². The summed E-state index contributed by atoms with van der Waals surface area (Å²) in [6, 6.07) is 5.02. The summed E-state index contributed by atoms with van der Waals surface area (Å²) in [7, 11) is 0. The quantitative estimate of drug-likeness (QED) is 0.783. The molecule has 1 saturated carbocycles. The maximum atomic E-state index is 14.2. The monoisotopic (exact) mass is 339 g/mol. The lowest BCUT2D eigenvalue weighted by Crippen LogP contribution is -2.55. The minimum absolute atomic E-state index is 0.0579. The van der Waals surface area contributed by atoms with Gasteiger partial charge in [0.15, 0.2) is 5.78 Å². The molecule has 2 rings (SSSR count). The van der Waals surface area contributed by atoms with Crippen molar-refractivity contribution in [3.05, 3.63) is 34.9 Å². The maximum absolute atomic E-state index is 14.2. The molecule has 1 aliphatic carbocycles. The Morgan fingerprint density at radius 1 is 1.29 bits per heavy atom. The average Bonchev–Trinajstić information content (AvgIpc) is 3.00. The molecule has 0 saturated heterocycles. The SMILES string of the molecule is CCc1cc(CNC(=O)C(F)(F)C2(O)CCCC2)ccc1C(C)=O. The molecule has 0 bridgehead atoms. The second-order valence-corrected chi connectivity index (χ2v) is 6.40. The number of benzene rings is 1. The normalized spacial score (nSPS) is 16.9. The first kappa shape index (κ1) is 18.5. The van der Waals surface area contributed by atoms with Gasteiger partial charge in [-0.2, -0.15) is 8.78 Å². The number of Topliss-reactive ketones (excluding diaryl/α,β-unsaturated/α-hetero) is 1.